The standard InChI is InChI=1S/C11H13NO2/c12-6-8-5-7-3-1-2-4-9(8)10(7)11(13)14/h2,4,7-10H,1,3,5H2,(H,13,14)/t7-,8?,9+,10-/m1/s1. The minimum atomic E-state index is -0.732. The van der Waals surface area contributed by atoms with E-state index >= 15 is 0 Å². The van der Waals surface area contributed by atoms with Crippen LogP contribution in [0.25, 0.3) is 0 Å². The van der Waals surface area contributed by atoms with Crippen LogP contribution < -0.4 is 0 Å². The van der Waals surface area contributed by atoms with Gasteiger partial charge in [-0.25, -0.2) is 0 Å². The quantitative estimate of drug-likeness (QED) is 0.643. The van der Waals surface area contributed by atoms with E-state index in [-0.39, 0.29) is 23.7 Å². The normalized spacial score (nSPS) is 40.2. The molecule has 4 atom stereocenters. The number of carboxylic acids is 1. The molecule has 1 saturated carbocycles. The SMILES string of the molecule is N#CC1C[C@H]2CCC=C[C@@H]1[C@@H]2C(=O)O. The Labute approximate surface area is 83.0 Å². The van der Waals surface area contributed by atoms with Crippen molar-refractivity contribution in [2.45, 2.75) is 19.3 Å². The van der Waals surface area contributed by atoms with E-state index in [4.69, 9.17) is 10.4 Å². The summed E-state index contributed by atoms with van der Waals surface area (Å²) in [5.41, 5.74) is 0. The highest BCUT2D eigenvalue weighted by atomic mass is 16.4. The number of fused-ring (bicyclic) bond motifs is 2. The highest BCUT2D eigenvalue weighted by Crippen LogP contribution is 2.46. The predicted molar refractivity (Wildman–Crippen MR) is 50.2 cm³/mol. The van der Waals surface area contributed by atoms with E-state index in [2.05, 4.69) is 6.07 Å². The van der Waals surface area contributed by atoms with Crippen molar-refractivity contribution in [3.8, 4) is 6.07 Å². The van der Waals surface area contributed by atoms with Crippen molar-refractivity contribution in [2.75, 3.05) is 0 Å². The Kier molecular flexibility index (Phi) is 2.28. The number of allylic oxidation sites excluding steroid dienone is 2. The van der Waals surface area contributed by atoms with Crippen LogP contribution in [0.4, 0.5) is 0 Å². The predicted octanol–water partition coefficient (Wildman–Crippen LogP) is 1.81. The zero-order chi connectivity index (χ0) is 10.1. The summed E-state index contributed by atoms with van der Waals surface area (Å²) in [6.07, 6.45) is 6.62. The number of rotatable bonds is 1. The van der Waals surface area contributed by atoms with Gasteiger partial charge in [0.05, 0.1) is 17.9 Å². The molecule has 1 fully saturated rings. The maximum atomic E-state index is 11.1. The highest BCUT2D eigenvalue weighted by Gasteiger charge is 2.46. The molecule has 0 aromatic carbocycles. The van der Waals surface area contributed by atoms with Crippen LogP contribution >= 0.6 is 0 Å². The molecule has 0 amide bonds. The lowest BCUT2D eigenvalue weighted by molar-refractivity contribution is -0.144. The third-order valence-corrected chi connectivity index (χ3v) is 3.46. The van der Waals surface area contributed by atoms with Crippen molar-refractivity contribution < 1.29 is 9.90 Å². The van der Waals surface area contributed by atoms with E-state index < -0.39 is 5.97 Å². The van der Waals surface area contributed by atoms with Gasteiger partial charge < -0.3 is 5.11 Å². The van der Waals surface area contributed by atoms with Gasteiger partial charge in [-0.05, 0) is 25.2 Å². The van der Waals surface area contributed by atoms with Gasteiger partial charge >= 0.3 is 5.97 Å². The Morgan fingerprint density at radius 1 is 1.57 bits per heavy atom. The average molecular weight is 191 g/mol. The number of aliphatic carboxylic acids is 1. The van der Waals surface area contributed by atoms with Crippen molar-refractivity contribution in [1.82, 2.24) is 0 Å². The molecule has 14 heavy (non-hydrogen) atoms. The molecule has 0 radical (unpaired) electrons. The number of hydrogen-bond donors (Lipinski definition) is 1. The second-order valence-electron chi connectivity index (χ2n) is 4.18. The van der Waals surface area contributed by atoms with E-state index in [0.717, 1.165) is 19.3 Å². The van der Waals surface area contributed by atoms with Crippen molar-refractivity contribution >= 4 is 5.97 Å². The Hall–Kier alpha value is -1.30. The summed E-state index contributed by atoms with van der Waals surface area (Å²) in [6, 6.07) is 2.23. The van der Waals surface area contributed by atoms with Crippen LogP contribution in [0.1, 0.15) is 19.3 Å². The molecule has 0 spiro atoms. The summed E-state index contributed by atoms with van der Waals surface area (Å²) in [6.45, 7) is 0. The van der Waals surface area contributed by atoms with Crippen LogP contribution in [0, 0.1) is 35.0 Å². The molecule has 3 nitrogen and oxygen atoms in total. The molecule has 0 aromatic rings. The van der Waals surface area contributed by atoms with Crippen LogP contribution in [0.15, 0.2) is 12.2 Å². The molecule has 2 aliphatic carbocycles. The van der Waals surface area contributed by atoms with Crippen molar-refractivity contribution in [3.63, 3.8) is 0 Å². The summed E-state index contributed by atoms with van der Waals surface area (Å²) in [7, 11) is 0. The lowest BCUT2D eigenvalue weighted by atomic mass is 9.88. The van der Waals surface area contributed by atoms with E-state index in [9.17, 15) is 4.79 Å². The highest BCUT2D eigenvalue weighted by molar-refractivity contribution is 5.72. The summed E-state index contributed by atoms with van der Waals surface area (Å²) in [4.78, 5) is 11.1. The van der Waals surface area contributed by atoms with Gasteiger partial charge in [-0.3, -0.25) is 4.79 Å². The third-order valence-electron chi connectivity index (χ3n) is 3.46. The first-order valence-corrected chi connectivity index (χ1v) is 5.03. The van der Waals surface area contributed by atoms with Gasteiger partial charge in [0.1, 0.15) is 0 Å². The lowest BCUT2D eigenvalue weighted by Crippen LogP contribution is -2.23. The minimum absolute atomic E-state index is 0.0509. The number of carbonyl (C=O) groups is 1. The van der Waals surface area contributed by atoms with Crippen LogP contribution in [0.3, 0.4) is 0 Å². The Balaban J connectivity index is 2.31. The van der Waals surface area contributed by atoms with Gasteiger partial charge in [0.2, 0.25) is 0 Å². The van der Waals surface area contributed by atoms with Crippen LogP contribution in [0.2, 0.25) is 0 Å². The van der Waals surface area contributed by atoms with Crippen molar-refractivity contribution in [1.29, 1.82) is 5.26 Å². The monoisotopic (exact) mass is 191 g/mol. The number of nitrogens with zero attached hydrogens (tertiary/aromatic N) is 1. The van der Waals surface area contributed by atoms with Gasteiger partial charge in [0.25, 0.3) is 0 Å². The Morgan fingerprint density at radius 3 is 3.00 bits per heavy atom. The molecular weight excluding hydrogens is 178 g/mol. The molecule has 0 aromatic heterocycles. The van der Waals surface area contributed by atoms with Crippen LogP contribution in [-0.2, 0) is 4.79 Å². The van der Waals surface area contributed by atoms with Crippen molar-refractivity contribution in [2.24, 2.45) is 23.7 Å². The third kappa shape index (κ3) is 1.31. The molecule has 2 rings (SSSR count). The van der Waals surface area contributed by atoms with Gasteiger partial charge in [0.15, 0.2) is 0 Å². The first-order chi connectivity index (χ1) is 6.74. The fourth-order valence-electron chi connectivity index (χ4n) is 2.81. The minimum Gasteiger partial charge on any atom is -0.481 e. The van der Waals surface area contributed by atoms with Crippen molar-refractivity contribution in [3.05, 3.63) is 12.2 Å². The number of nitriles is 1. The summed E-state index contributed by atoms with van der Waals surface area (Å²) >= 11 is 0. The maximum absolute atomic E-state index is 11.1. The molecule has 0 saturated heterocycles. The lowest BCUT2D eigenvalue weighted by Gasteiger charge is -2.15. The largest absolute Gasteiger partial charge is 0.481 e. The average Bonchev–Trinajstić information content (AvgIpc) is 2.32. The molecule has 74 valence electrons. The second-order valence-corrected chi connectivity index (χ2v) is 4.18. The molecular formula is C11H13NO2. The molecule has 1 unspecified atom stereocenters. The molecule has 0 heterocycles. The van der Waals surface area contributed by atoms with Crippen LogP contribution in [-0.4, -0.2) is 11.1 Å². The summed E-state index contributed by atoms with van der Waals surface area (Å²) in [5.74, 6) is -0.984. The smallest absolute Gasteiger partial charge is 0.307 e. The molecule has 2 bridgehead atoms. The van der Waals surface area contributed by atoms with Gasteiger partial charge in [-0.15, -0.1) is 0 Å². The maximum Gasteiger partial charge on any atom is 0.307 e. The first kappa shape index (κ1) is 9.26. The number of carboxylic acid groups (broad SMARTS) is 1. The second kappa shape index (κ2) is 3.45. The molecule has 1 N–H and O–H groups in total. The fraction of sp³-hybridized carbons (Fsp3) is 0.636. The zero-order valence-electron chi connectivity index (χ0n) is 7.89. The number of hydrogen-bond acceptors (Lipinski definition) is 2. The fourth-order valence-corrected chi connectivity index (χ4v) is 2.81. The van der Waals surface area contributed by atoms with E-state index in [1.165, 1.54) is 0 Å². The Morgan fingerprint density at radius 2 is 2.36 bits per heavy atom. The zero-order valence-corrected chi connectivity index (χ0v) is 7.89. The van der Waals surface area contributed by atoms with Crippen LogP contribution in [0.5, 0.6) is 0 Å². The van der Waals surface area contributed by atoms with E-state index in [1.807, 2.05) is 12.2 Å². The molecule has 0 aliphatic heterocycles. The Bertz CT molecular complexity index is 316. The van der Waals surface area contributed by atoms with Gasteiger partial charge in [0, 0.05) is 5.92 Å². The summed E-state index contributed by atoms with van der Waals surface area (Å²) < 4.78 is 0. The van der Waals surface area contributed by atoms with Gasteiger partial charge in [-0.1, -0.05) is 12.2 Å². The molecule has 2 aliphatic rings. The first-order valence-electron chi connectivity index (χ1n) is 5.03. The van der Waals surface area contributed by atoms with Gasteiger partial charge in [-0.2, -0.15) is 5.26 Å². The van der Waals surface area contributed by atoms with E-state index in [1.54, 1.807) is 0 Å². The van der Waals surface area contributed by atoms with E-state index in [0.29, 0.717) is 0 Å². The topological polar surface area (TPSA) is 61.1 Å². The summed E-state index contributed by atoms with van der Waals surface area (Å²) in [5, 5.41) is 18.0. The molecule has 3 heteroatoms.